The minimum atomic E-state index is -0.268. The number of piperidine rings is 1. The van der Waals surface area contributed by atoms with Gasteiger partial charge in [0.2, 0.25) is 11.8 Å². The molecule has 2 amide bonds. The fourth-order valence-electron chi connectivity index (χ4n) is 4.34. The van der Waals surface area contributed by atoms with Gasteiger partial charge in [0.05, 0.1) is 16.1 Å². The van der Waals surface area contributed by atoms with Crippen molar-refractivity contribution in [2.75, 3.05) is 24.5 Å². The summed E-state index contributed by atoms with van der Waals surface area (Å²) in [6, 6.07) is 15.9. The number of hydrogen-bond donors (Lipinski definition) is 0. The molecule has 0 aliphatic carbocycles. The topological polar surface area (TPSA) is 62.7 Å². The summed E-state index contributed by atoms with van der Waals surface area (Å²) in [6.45, 7) is 3.79. The Labute approximate surface area is 185 Å². The number of para-hydroxylation sites is 1. The van der Waals surface area contributed by atoms with Crippen molar-refractivity contribution in [3.63, 3.8) is 0 Å². The van der Waals surface area contributed by atoms with Gasteiger partial charge in [-0.1, -0.05) is 41.2 Å². The molecule has 6 nitrogen and oxygen atoms in total. The van der Waals surface area contributed by atoms with Crippen LogP contribution in [0.3, 0.4) is 0 Å². The summed E-state index contributed by atoms with van der Waals surface area (Å²) in [6.07, 6.45) is 1.92. The van der Waals surface area contributed by atoms with E-state index in [2.05, 4.69) is 4.98 Å². The van der Waals surface area contributed by atoms with Crippen molar-refractivity contribution in [1.82, 2.24) is 9.88 Å². The molecule has 2 saturated heterocycles. The Kier molecular flexibility index (Phi) is 5.36. The van der Waals surface area contributed by atoms with E-state index in [9.17, 15) is 9.59 Å². The van der Waals surface area contributed by atoms with Crippen molar-refractivity contribution >= 4 is 39.1 Å². The van der Waals surface area contributed by atoms with Gasteiger partial charge in [0.15, 0.2) is 0 Å². The second kappa shape index (κ2) is 8.30. The summed E-state index contributed by atoms with van der Waals surface area (Å²) in [4.78, 5) is 33.8. The van der Waals surface area contributed by atoms with Crippen molar-refractivity contribution in [2.24, 2.45) is 5.92 Å². The van der Waals surface area contributed by atoms with Gasteiger partial charge in [-0.15, -0.1) is 0 Å². The average molecular weight is 436 g/mol. The smallest absolute Gasteiger partial charge is 0.274 e. The van der Waals surface area contributed by atoms with E-state index in [4.69, 9.17) is 4.74 Å². The first-order valence-electron chi connectivity index (χ1n) is 10.7. The zero-order valence-electron chi connectivity index (χ0n) is 17.5. The first-order chi connectivity index (χ1) is 15.1. The van der Waals surface area contributed by atoms with Crippen molar-refractivity contribution in [3.8, 4) is 5.19 Å². The van der Waals surface area contributed by atoms with Crippen molar-refractivity contribution in [2.45, 2.75) is 32.3 Å². The summed E-state index contributed by atoms with van der Waals surface area (Å²) in [5.41, 5.74) is 2.98. The van der Waals surface area contributed by atoms with Gasteiger partial charge in [0.25, 0.3) is 5.19 Å². The third-order valence-corrected chi connectivity index (χ3v) is 7.04. The van der Waals surface area contributed by atoms with Crippen LogP contribution in [-0.4, -0.2) is 47.4 Å². The van der Waals surface area contributed by atoms with Crippen molar-refractivity contribution < 1.29 is 14.3 Å². The van der Waals surface area contributed by atoms with E-state index in [1.54, 1.807) is 16.2 Å². The molecule has 7 heteroatoms. The number of amides is 2. The minimum Gasteiger partial charge on any atom is -0.467 e. The molecule has 5 rings (SSSR count). The Morgan fingerprint density at radius 3 is 2.58 bits per heavy atom. The standard InChI is InChI=1S/C24H25N3O3S/c1-16-6-8-18(9-7-16)27-15-17(14-22(27)28)23(29)26-12-10-19(11-13-26)30-24-25-20-4-2-3-5-21(20)31-24/h2-9,17,19H,10-15H2,1H3. The second-order valence-electron chi connectivity index (χ2n) is 8.33. The van der Waals surface area contributed by atoms with Crippen molar-refractivity contribution in [1.29, 1.82) is 0 Å². The largest absolute Gasteiger partial charge is 0.467 e. The van der Waals surface area contributed by atoms with Crippen LogP contribution in [0.2, 0.25) is 0 Å². The molecule has 0 radical (unpaired) electrons. The third kappa shape index (κ3) is 4.14. The maximum atomic E-state index is 13.1. The zero-order valence-corrected chi connectivity index (χ0v) is 18.3. The van der Waals surface area contributed by atoms with Gasteiger partial charge in [-0.05, 0) is 31.2 Å². The molecule has 2 aromatic carbocycles. The lowest BCUT2D eigenvalue weighted by atomic mass is 10.0. The lowest BCUT2D eigenvalue weighted by molar-refractivity contribution is -0.137. The number of anilines is 1. The Morgan fingerprint density at radius 1 is 1.10 bits per heavy atom. The van der Waals surface area contributed by atoms with Gasteiger partial charge in [-0.2, -0.15) is 0 Å². The molecule has 2 aliphatic rings. The van der Waals surface area contributed by atoms with Crippen LogP contribution < -0.4 is 9.64 Å². The highest BCUT2D eigenvalue weighted by atomic mass is 32.1. The van der Waals surface area contributed by atoms with Crippen LogP contribution in [-0.2, 0) is 9.59 Å². The molecule has 1 aromatic heterocycles. The maximum absolute atomic E-state index is 13.1. The summed E-state index contributed by atoms with van der Waals surface area (Å²) in [5.74, 6) is -0.159. The monoisotopic (exact) mass is 435 g/mol. The highest BCUT2D eigenvalue weighted by molar-refractivity contribution is 7.20. The predicted octanol–water partition coefficient (Wildman–Crippen LogP) is 4.03. The fourth-order valence-corrected chi connectivity index (χ4v) is 5.22. The Hall–Kier alpha value is -2.93. The van der Waals surface area contributed by atoms with Gasteiger partial charge in [-0.3, -0.25) is 9.59 Å². The molecular weight excluding hydrogens is 410 g/mol. The third-order valence-electron chi connectivity index (χ3n) is 6.12. The molecule has 3 heterocycles. The molecule has 2 fully saturated rings. The van der Waals surface area contributed by atoms with E-state index < -0.39 is 0 Å². The van der Waals surface area contributed by atoms with Crippen LogP contribution in [0.25, 0.3) is 10.2 Å². The number of aryl methyl sites for hydroxylation is 1. The Balaban J connectivity index is 1.16. The summed E-state index contributed by atoms with van der Waals surface area (Å²) in [5, 5.41) is 0.695. The number of likely N-dealkylation sites (tertiary alicyclic amines) is 1. The first kappa shape index (κ1) is 20.0. The van der Waals surface area contributed by atoms with Crippen molar-refractivity contribution in [3.05, 3.63) is 54.1 Å². The number of fused-ring (bicyclic) bond motifs is 1. The van der Waals surface area contributed by atoms with Gasteiger partial charge in [0.1, 0.15) is 6.10 Å². The number of aromatic nitrogens is 1. The number of ether oxygens (including phenoxy) is 1. The van der Waals surface area contributed by atoms with Gasteiger partial charge in [-0.25, -0.2) is 4.98 Å². The fraction of sp³-hybridized carbons (Fsp3) is 0.375. The van der Waals surface area contributed by atoms with Crippen LogP contribution in [0.5, 0.6) is 5.19 Å². The second-order valence-corrected chi connectivity index (χ2v) is 9.32. The number of carbonyl (C=O) groups is 2. The molecule has 1 unspecified atom stereocenters. The molecule has 0 N–H and O–H groups in total. The van der Waals surface area contributed by atoms with Gasteiger partial charge >= 0.3 is 0 Å². The van der Waals surface area contributed by atoms with Gasteiger partial charge in [0, 0.05) is 44.6 Å². The van der Waals surface area contributed by atoms with Crippen LogP contribution in [0.15, 0.2) is 48.5 Å². The molecule has 1 atom stereocenters. The van der Waals surface area contributed by atoms with E-state index in [0.717, 1.165) is 34.3 Å². The van der Waals surface area contributed by atoms with E-state index in [1.165, 1.54) is 0 Å². The SMILES string of the molecule is Cc1ccc(N2CC(C(=O)N3CCC(Oc4nc5ccccc5s4)CC3)CC2=O)cc1. The van der Waals surface area contributed by atoms with E-state index in [1.807, 2.05) is 60.4 Å². The quantitative estimate of drug-likeness (QED) is 0.621. The molecule has 0 bridgehead atoms. The number of nitrogens with zero attached hydrogens (tertiary/aromatic N) is 3. The predicted molar refractivity (Wildman–Crippen MR) is 121 cm³/mol. The van der Waals surface area contributed by atoms with Crippen LogP contribution in [0.1, 0.15) is 24.8 Å². The number of rotatable bonds is 4. The lowest BCUT2D eigenvalue weighted by Crippen LogP contribution is -2.44. The molecule has 2 aliphatic heterocycles. The maximum Gasteiger partial charge on any atom is 0.274 e. The molecular formula is C24H25N3O3S. The number of hydrogen-bond acceptors (Lipinski definition) is 5. The first-order valence-corrected chi connectivity index (χ1v) is 11.6. The molecule has 31 heavy (non-hydrogen) atoms. The van der Waals surface area contributed by atoms with E-state index in [-0.39, 0.29) is 30.3 Å². The highest BCUT2D eigenvalue weighted by Gasteiger charge is 2.38. The average Bonchev–Trinajstić information content (AvgIpc) is 3.37. The minimum absolute atomic E-state index is 0.0243. The van der Waals surface area contributed by atoms with E-state index in [0.29, 0.717) is 24.8 Å². The van der Waals surface area contributed by atoms with Crippen LogP contribution in [0, 0.1) is 12.8 Å². The summed E-state index contributed by atoms with van der Waals surface area (Å²) < 4.78 is 7.22. The summed E-state index contributed by atoms with van der Waals surface area (Å²) >= 11 is 1.56. The molecule has 0 spiro atoms. The number of thiazole rings is 1. The Morgan fingerprint density at radius 2 is 1.84 bits per heavy atom. The zero-order chi connectivity index (χ0) is 21.4. The highest BCUT2D eigenvalue weighted by Crippen LogP contribution is 2.31. The number of benzene rings is 2. The van der Waals surface area contributed by atoms with Crippen LogP contribution in [0.4, 0.5) is 5.69 Å². The van der Waals surface area contributed by atoms with Gasteiger partial charge < -0.3 is 14.5 Å². The molecule has 160 valence electrons. The summed E-state index contributed by atoms with van der Waals surface area (Å²) in [7, 11) is 0. The lowest BCUT2D eigenvalue weighted by Gasteiger charge is -2.33. The Bertz CT molecular complexity index is 1070. The normalized spacial score (nSPS) is 19.9. The number of carbonyl (C=O) groups excluding carboxylic acids is 2. The van der Waals surface area contributed by atoms with E-state index >= 15 is 0 Å². The molecule has 3 aromatic rings. The van der Waals surface area contributed by atoms with Crippen LogP contribution >= 0.6 is 11.3 Å². The molecule has 0 saturated carbocycles.